The van der Waals surface area contributed by atoms with Crippen LogP contribution in [0.5, 0.6) is 0 Å². The predicted octanol–water partition coefficient (Wildman–Crippen LogP) is 1.80. The lowest BCUT2D eigenvalue weighted by molar-refractivity contribution is 0.102. The average molecular weight is 229 g/mol. The Bertz CT molecular complexity index is 188. The van der Waals surface area contributed by atoms with Crippen LogP contribution in [0.1, 0.15) is 39.5 Å². The zero-order valence-electron chi connectivity index (χ0n) is 11.0. The van der Waals surface area contributed by atoms with E-state index < -0.39 is 0 Å². The van der Waals surface area contributed by atoms with Gasteiger partial charge in [-0.05, 0) is 18.8 Å². The maximum atomic E-state index is 9.53. The largest absolute Gasteiger partial charge is 0.396 e. The van der Waals surface area contributed by atoms with Crippen LogP contribution in [0, 0.1) is 11.3 Å². The van der Waals surface area contributed by atoms with Crippen molar-refractivity contribution in [2.24, 2.45) is 11.3 Å². The van der Waals surface area contributed by atoms with Crippen molar-refractivity contribution >= 4 is 0 Å². The van der Waals surface area contributed by atoms with Crippen LogP contribution in [0.15, 0.2) is 0 Å². The quantitative estimate of drug-likeness (QED) is 0.699. The molecule has 1 fully saturated rings. The number of aliphatic hydroxyl groups excluding tert-OH is 1. The molecule has 0 bridgehead atoms. The molecule has 1 atom stereocenters. The summed E-state index contributed by atoms with van der Waals surface area (Å²) in [7, 11) is 1.74. The van der Waals surface area contributed by atoms with Crippen LogP contribution < -0.4 is 5.32 Å². The van der Waals surface area contributed by atoms with Crippen molar-refractivity contribution < 1.29 is 9.84 Å². The van der Waals surface area contributed by atoms with Gasteiger partial charge in [-0.2, -0.15) is 0 Å². The van der Waals surface area contributed by atoms with Crippen LogP contribution in [0.4, 0.5) is 0 Å². The summed E-state index contributed by atoms with van der Waals surface area (Å²) >= 11 is 0. The van der Waals surface area contributed by atoms with Gasteiger partial charge in [-0.25, -0.2) is 0 Å². The van der Waals surface area contributed by atoms with E-state index in [0.717, 1.165) is 26.0 Å². The van der Waals surface area contributed by atoms with Crippen molar-refractivity contribution in [3.63, 3.8) is 0 Å². The molecule has 3 heteroatoms. The molecule has 1 saturated carbocycles. The van der Waals surface area contributed by atoms with Gasteiger partial charge >= 0.3 is 0 Å². The number of ether oxygens (including phenoxy) is 1. The topological polar surface area (TPSA) is 41.5 Å². The van der Waals surface area contributed by atoms with Gasteiger partial charge in [0, 0.05) is 31.7 Å². The van der Waals surface area contributed by atoms with Crippen LogP contribution in [0.25, 0.3) is 0 Å². The first kappa shape index (κ1) is 13.9. The van der Waals surface area contributed by atoms with Crippen molar-refractivity contribution in [1.82, 2.24) is 5.32 Å². The normalized spacial score (nSPS) is 21.6. The highest BCUT2D eigenvalue weighted by atomic mass is 16.5. The van der Waals surface area contributed by atoms with Crippen LogP contribution in [0.2, 0.25) is 0 Å². The molecule has 0 spiro atoms. The van der Waals surface area contributed by atoms with Gasteiger partial charge in [0.05, 0.1) is 6.61 Å². The minimum absolute atomic E-state index is 0.140. The van der Waals surface area contributed by atoms with E-state index >= 15 is 0 Å². The highest BCUT2D eigenvalue weighted by Crippen LogP contribution is 2.37. The van der Waals surface area contributed by atoms with E-state index in [1.165, 1.54) is 12.8 Å². The van der Waals surface area contributed by atoms with Crippen molar-refractivity contribution in [3.05, 3.63) is 0 Å². The summed E-state index contributed by atoms with van der Waals surface area (Å²) in [6.07, 6.45) is 4.85. The Labute approximate surface area is 99.6 Å². The Morgan fingerprint density at radius 3 is 2.38 bits per heavy atom. The van der Waals surface area contributed by atoms with Crippen molar-refractivity contribution in [3.8, 4) is 0 Å². The summed E-state index contributed by atoms with van der Waals surface area (Å²) < 4.78 is 5.22. The Hall–Kier alpha value is -0.120. The third-order valence-electron chi connectivity index (χ3n) is 3.89. The maximum Gasteiger partial charge on any atom is 0.0618 e. The van der Waals surface area contributed by atoms with E-state index in [9.17, 15) is 5.11 Å². The minimum Gasteiger partial charge on any atom is -0.396 e. The van der Waals surface area contributed by atoms with E-state index in [4.69, 9.17) is 4.74 Å². The molecule has 0 aromatic carbocycles. The second kappa shape index (κ2) is 6.58. The molecule has 96 valence electrons. The molecule has 0 aromatic rings. The Kier molecular flexibility index (Phi) is 5.73. The lowest BCUT2D eigenvalue weighted by Gasteiger charge is -2.31. The number of rotatable bonds is 7. The Morgan fingerprint density at radius 1 is 1.31 bits per heavy atom. The highest BCUT2D eigenvalue weighted by Gasteiger charge is 2.33. The first-order chi connectivity index (χ1) is 7.63. The van der Waals surface area contributed by atoms with Gasteiger partial charge in [0.15, 0.2) is 0 Å². The summed E-state index contributed by atoms with van der Waals surface area (Å²) in [5.74, 6) is 0.567. The molecule has 1 aliphatic carbocycles. The van der Waals surface area contributed by atoms with Crippen LogP contribution in [-0.2, 0) is 4.74 Å². The molecule has 3 nitrogen and oxygen atoms in total. The molecule has 0 aliphatic heterocycles. The van der Waals surface area contributed by atoms with Crippen LogP contribution in [0.3, 0.4) is 0 Å². The summed E-state index contributed by atoms with van der Waals surface area (Å²) in [6.45, 7) is 6.40. The van der Waals surface area contributed by atoms with Crippen molar-refractivity contribution in [1.29, 1.82) is 0 Å². The molecular weight excluding hydrogens is 202 g/mol. The molecule has 16 heavy (non-hydrogen) atoms. The molecule has 0 amide bonds. The van der Waals surface area contributed by atoms with Crippen LogP contribution in [-0.4, -0.2) is 38.0 Å². The maximum absolute atomic E-state index is 9.53. The smallest absolute Gasteiger partial charge is 0.0618 e. The molecule has 0 radical (unpaired) electrons. The third-order valence-corrected chi connectivity index (χ3v) is 3.89. The Morgan fingerprint density at radius 2 is 1.94 bits per heavy atom. The second-order valence-corrected chi connectivity index (χ2v) is 5.55. The Balaban J connectivity index is 2.40. The summed E-state index contributed by atoms with van der Waals surface area (Å²) in [4.78, 5) is 0. The van der Waals surface area contributed by atoms with Gasteiger partial charge in [-0.15, -0.1) is 0 Å². The minimum atomic E-state index is 0.140. The van der Waals surface area contributed by atoms with Gasteiger partial charge < -0.3 is 15.2 Å². The number of nitrogens with one attached hydrogen (secondary N) is 1. The SMILES string of the molecule is COCC(NCC1(CO)CCCC1)C(C)C. The van der Waals surface area contributed by atoms with E-state index in [0.29, 0.717) is 18.6 Å². The molecule has 0 aromatic heterocycles. The van der Waals surface area contributed by atoms with E-state index in [1.807, 2.05) is 0 Å². The predicted molar refractivity (Wildman–Crippen MR) is 66.5 cm³/mol. The van der Waals surface area contributed by atoms with Crippen molar-refractivity contribution in [2.75, 3.05) is 26.9 Å². The first-order valence-corrected chi connectivity index (χ1v) is 6.47. The number of methoxy groups -OCH3 is 1. The lowest BCUT2D eigenvalue weighted by Crippen LogP contribution is -2.44. The highest BCUT2D eigenvalue weighted by molar-refractivity contribution is 4.87. The van der Waals surface area contributed by atoms with Gasteiger partial charge in [0.25, 0.3) is 0 Å². The number of hydrogen-bond acceptors (Lipinski definition) is 3. The lowest BCUT2D eigenvalue weighted by atomic mass is 9.86. The van der Waals surface area contributed by atoms with E-state index in [2.05, 4.69) is 19.2 Å². The molecule has 0 saturated heterocycles. The van der Waals surface area contributed by atoms with Gasteiger partial charge in [-0.3, -0.25) is 0 Å². The summed E-state index contributed by atoms with van der Waals surface area (Å²) in [5.41, 5.74) is 0.140. The molecule has 1 aliphatic rings. The first-order valence-electron chi connectivity index (χ1n) is 6.47. The molecule has 2 N–H and O–H groups in total. The zero-order chi connectivity index (χ0) is 12.0. The molecule has 1 rings (SSSR count). The van der Waals surface area contributed by atoms with Crippen LogP contribution >= 0.6 is 0 Å². The van der Waals surface area contributed by atoms with E-state index in [-0.39, 0.29) is 5.41 Å². The fraction of sp³-hybridized carbons (Fsp3) is 1.00. The molecular formula is C13H27NO2. The van der Waals surface area contributed by atoms with Gasteiger partial charge in [0.1, 0.15) is 0 Å². The van der Waals surface area contributed by atoms with Gasteiger partial charge in [-0.1, -0.05) is 26.7 Å². The molecule has 0 heterocycles. The number of aliphatic hydroxyl groups is 1. The molecule has 1 unspecified atom stereocenters. The van der Waals surface area contributed by atoms with E-state index in [1.54, 1.807) is 7.11 Å². The summed E-state index contributed by atoms with van der Waals surface area (Å²) in [6, 6.07) is 0.397. The summed E-state index contributed by atoms with van der Waals surface area (Å²) in [5, 5.41) is 13.1. The second-order valence-electron chi connectivity index (χ2n) is 5.55. The third kappa shape index (κ3) is 3.72. The monoisotopic (exact) mass is 229 g/mol. The average Bonchev–Trinajstić information content (AvgIpc) is 2.73. The van der Waals surface area contributed by atoms with Crippen molar-refractivity contribution in [2.45, 2.75) is 45.6 Å². The standard InChI is InChI=1S/C13H27NO2/c1-11(2)12(8-16-3)14-9-13(10-15)6-4-5-7-13/h11-12,14-15H,4-10H2,1-3H3. The fourth-order valence-corrected chi connectivity index (χ4v) is 2.53. The zero-order valence-corrected chi connectivity index (χ0v) is 11.0. The van der Waals surface area contributed by atoms with Gasteiger partial charge in [0.2, 0.25) is 0 Å². The number of hydrogen-bond donors (Lipinski definition) is 2. The fourth-order valence-electron chi connectivity index (χ4n) is 2.53.